The minimum atomic E-state index is -0.370. The van der Waals surface area contributed by atoms with Gasteiger partial charge in [0.1, 0.15) is 0 Å². The highest BCUT2D eigenvalue weighted by molar-refractivity contribution is 5.31. The van der Waals surface area contributed by atoms with Crippen molar-refractivity contribution in [2.75, 3.05) is 33.4 Å². The predicted octanol–water partition coefficient (Wildman–Crippen LogP) is 1.55. The van der Waals surface area contributed by atoms with Gasteiger partial charge in [0, 0.05) is 25.2 Å². The van der Waals surface area contributed by atoms with E-state index in [1.807, 2.05) is 6.07 Å². The van der Waals surface area contributed by atoms with Crippen LogP contribution in [-0.4, -0.2) is 44.4 Å². The molecule has 1 saturated heterocycles. The molecule has 0 aliphatic carbocycles. The molecular formula is C14H21FN2O2. The third-order valence-corrected chi connectivity index (χ3v) is 3.54. The van der Waals surface area contributed by atoms with E-state index in [2.05, 4.69) is 11.8 Å². The summed E-state index contributed by atoms with van der Waals surface area (Å²) in [5.74, 6) is -0.124. The minimum absolute atomic E-state index is 0.207. The van der Waals surface area contributed by atoms with E-state index in [1.165, 1.54) is 13.2 Å². The molecule has 0 radical (unpaired) electrons. The Morgan fingerprint density at radius 2 is 2.37 bits per heavy atom. The molecule has 2 unspecified atom stereocenters. The lowest BCUT2D eigenvalue weighted by Crippen LogP contribution is -2.46. The quantitative estimate of drug-likeness (QED) is 0.900. The van der Waals surface area contributed by atoms with Gasteiger partial charge in [0.05, 0.1) is 20.3 Å². The summed E-state index contributed by atoms with van der Waals surface area (Å²) in [5, 5.41) is 0. The van der Waals surface area contributed by atoms with Crippen molar-refractivity contribution in [3.63, 3.8) is 0 Å². The van der Waals surface area contributed by atoms with Crippen LogP contribution in [0.5, 0.6) is 5.75 Å². The Labute approximate surface area is 113 Å². The molecule has 1 aromatic carbocycles. The first-order valence-corrected chi connectivity index (χ1v) is 6.52. The summed E-state index contributed by atoms with van der Waals surface area (Å²) in [4.78, 5) is 2.27. The van der Waals surface area contributed by atoms with Crippen LogP contribution in [0.15, 0.2) is 18.2 Å². The molecule has 5 heteroatoms. The number of hydrogen-bond donors (Lipinski definition) is 1. The Kier molecular flexibility index (Phi) is 4.74. The van der Waals surface area contributed by atoms with E-state index >= 15 is 0 Å². The Balaban J connectivity index is 2.02. The maximum atomic E-state index is 13.7. The highest BCUT2D eigenvalue weighted by Gasteiger charge is 2.21. The van der Waals surface area contributed by atoms with Gasteiger partial charge in [-0.2, -0.15) is 0 Å². The standard InChI is InChI=1S/C14H21FN2O2/c1-10-9-19-6-5-17(10)8-13(16)11-3-4-14(18-2)12(15)7-11/h3-4,7,10,13H,5-6,8-9,16H2,1-2H3. The molecule has 19 heavy (non-hydrogen) atoms. The SMILES string of the molecule is COc1ccc(C(N)CN2CCOCC2C)cc1F. The molecule has 1 aliphatic heterocycles. The molecule has 0 bridgehead atoms. The number of nitrogens with two attached hydrogens (primary N) is 1. The van der Waals surface area contributed by atoms with Gasteiger partial charge >= 0.3 is 0 Å². The Morgan fingerprint density at radius 1 is 1.58 bits per heavy atom. The Morgan fingerprint density at radius 3 is 3.00 bits per heavy atom. The second kappa shape index (κ2) is 6.32. The molecule has 0 aromatic heterocycles. The van der Waals surface area contributed by atoms with Crippen molar-refractivity contribution in [1.82, 2.24) is 4.90 Å². The summed E-state index contributed by atoms with van der Waals surface area (Å²) in [6.07, 6.45) is 0. The third kappa shape index (κ3) is 3.43. The van der Waals surface area contributed by atoms with E-state index in [-0.39, 0.29) is 17.6 Å². The normalized spacial score (nSPS) is 22.2. The Bertz CT molecular complexity index is 428. The highest BCUT2D eigenvalue weighted by Crippen LogP contribution is 2.22. The molecule has 106 valence electrons. The van der Waals surface area contributed by atoms with Crippen molar-refractivity contribution in [2.45, 2.75) is 19.0 Å². The lowest BCUT2D eigenvalue weighted by molar-refractivity contribution is -0.00282. The maximum absolute atomic E-state index is 13.7. The number of methoxy groups -OCH3 is 1. The van der Waals surface area contributed by atoms with Gasteiger partial charge in [0.25, 0.3) is 0 Å². The maximum Gasteiger partial charge on any atom is 0.165 e. The molecule has 2 atom stereocenters. The smallest absolute Gasteiger partial charge is 0.165 e. The third-order valence-electron chi connectivity index (χ3n) is 3.54. The fraction of sp³-hybridized carbons (Fsp3) is 0.571. The van der Waals surface area contributed by atoms with Crippen LogP contribution in [0.4, 0.5) is 4.39 Å². The van der Waals surface area contributed by atoms with E-state index in [4.69, 9.17) is 15.2 Å². The van der Waals surface area contributed by atoms with Crippen LogP contribution < -0.4 is 10.5 Å². The van der Waals surface area contributed by atoms with Crippen molar-refractivity contribution in [3.05, 3.63) is 29.6 Å². The van der Waals surface area contributed by atoms with E-state index < -0.39 is 0 Å². The van der Waals surface area contributed by atoms with Crippen LogP contribution in [0.2, 0.25) is 0 Å². The highest BCUT2D eigenvalue weighted by atomic mass is 19.1. The number of nitrogens with zero attached hydrogens (tertiary/aromatic N) is 1. The molecule has 4 nitrogen and oxygen atoms in total. The second-order valence-electron chi connectivity index (χ2n) is 4.92. The van der Waals surface area contributed by atoms with Crippen molar-refractivity contribution in [1.29, 1.82) is 0 Å². The minimum Gasteiger partial charge on any atom is -0.494 e. The summed E-state index contributed by atoms with van der Waals surface area (Å²) in [6, 6.07) is 5.03. The summed E-state index contributed by atoms with van der Waals surface area (Å²) < 4.78 is 23.9. The second-order valence-corrected chi connectivity index (χ2v) is 4.92. The van der Waals surface area contributed by atoms with E-state index in [0.717, 1.165) is 25.3 Å². The molecule has 2 N–H and O–H groups in total. The molecule has 1 fully saturated rings. The number of ether oxygens (including phenoxy) is 2. The van der Waals surface area contributed by atoms with Crippen molar-refractivity contribution in [3.8, 4) is 5.75 Å². The largest absolute Gasteiger partial charge is 0.494 e. The van der Waals surface area contributed by atoms with Gasteiger partial charge in [-0.05, 0) is 24.6 Å². The number of halogens is 1. The Hall–Kier alpha value is -1.17. The topological polar surface area (TPSA) is 47.7 Å². The van der Waals surface area contributed by atoms with Crippen molar-refractivity contribution >= 4 is 0 Å². The fourth-order valence-corrected chi connectivity index (χ4v) is 2.30. The summed E-state index contributed by atoms with van der Waals surface area (Å²) in [5.41, 5.74) is 6.95. The van der Waals surface area contributed by atoms with Gasteiger partial charge in [-0.3, -0.25) is 4.90 Å². The lowest BCUT2D eigenvalue weighted by Gasteiger charge is -2.35. The summed E-state index contributed by atoms with van der Waals surface area (Å²) in [7, 11) is 1.45. The molecule has 1 aromatic rings. The van der Waals surface area contributed by atoms with Crippen LogP contribution in [0.25, 0.3) is 0 Å². The first-order valence-electron chi connectivity index (χ1n) is 6.52. The van der Waals surface area contributed by atoms with Crippen LogP contribution >= 0.6 is 0 Å². The fourth-order valence-electron chi connectivity index (χ4n) is 2.30. The van der Waals surface area contributed by atoms with Gasteiger partial charge in [0.15, 0.2) is 11.6 Å². The molecular weight excluding hydrogens is 247 g/mol. The van der Waals surface area contributed by atoms with Crippen LogP contribution in [0.1, 0.15) is 18.5 Å². The van der Waals surface area contributed by atoms with Crippen LogP contribution in [0, 0.1) is 5.82 Å². The lowest BCUT2D eigenvalue weighted by atomic mass is 10.1. The zero-order valence-corrected chi connectivity index (χ0v) is 11.4. The van der Waals surface area contributed by atoms with Gasteiger partial charge < -0.3 is 15.2 Å². The van der Waals surface area contributed by atoms with Gasteiger partial charge in [-0.15, -0.1) is 0 Å². The first-order chi connectivity index (χ1) is 9.11. The number of rotatable bonds is 4. The zero-order chi connectivity index (χ0) is 13.8. The van der Waals surface area contributed by atoms with Crippen molar-refractivity contribution in [2.24, 2.45) is 5.73 Å². The number of morpholine rings is 1. The molecule has 0 amide bonds. The van der Waals surface area contributed by atoms with Crippen molar-refractivity contribution < 1.29 is 13.9 Å². The number of hydrogen-bond acceptors (Lipinski definition) is 4. The average Bonchev–Trinajstić information content (AvgIpc) is 2.41. The van der Waals surface area contributed by atoms with Gasteiger partial charge in [-0.1, -0.05) is 6.07 Å². The van der Waals surface area contributed by atoms with E-state index in [0.29, 0.717) is 12.6 Å². The van der Waals surface area contributed by atoms with E-state index in [9.17, 15) is 4.39 Å². The average molecular weight is 268 g/mol. The summed E-state index contributed by atoms with van der Waals surface area (Å²) >= 11 is 0. The first kappa shape index (κ1) is 14.2. The van der Waals surface area contributed by atoms with E-state index in [1.54, 1.807) is 6.07 Å². The molecule has 2 rings (SSSR count). The predicted molar refractivity (Wildman–Crippen MR) is 71.7 cm³/mol. The molecule has 0 saturated carbocycles. The molecule has 1 heterocycles. The molecule has 0 spiro atoms. The van der Waals surface area contributed by atoms with Gasteiger partial charge in [0.2, 0.25) is 0 Å². The number of benzene rings is 1. The van der Waals surface area contributed by atoms with Gasteiger partial charge in [-0.25, -0.2) is 4.39 Å². The monoisotopic (exact) mass is 268 g/mol. The van der Waals surface area contributed by atoms with Crippen LogP contribution in [0.3, 0.4) is 0 Å². The molecule has 1 aliphatic rings. The summed E-state index contributed by atoms with van der Waals surface area (Å²) in [6.45, 7) is 5.14. The van der Waals surface area contributed by atoms with Crippen LogP contribution in [-0.2, 0) is 4.74 Å². The zero-order valence-electron chi connectivity index (χ0n) is 11.4.